The summed E-state index contributed by atoms with van der Waals surface area (Å²) in [5.41, 5.74) is 2.86. The molecule has 2 aromatic rings. The van der Waals surface area contributed by atoms with Gasteiger partial charge < -0.3 is 9.47 Å². The molecule has 2 aliphatic rings. The predicted molar refractivity (Wildman–Crippen MR) is 103 cm³/mol. The second-order valence-corrected chi connectivity index (χ2v) is 7.37. The van der Waals surface area contributed by atoms with E-state index in [4.69, 9.17) is 11.4 Å². The van der Waals surface area contributed by atoms with Gasteiger partial charge in [-0.2, -0.15) is 0 Å². The maximum absolute atomic E-state index is 13.2. The molecule has 4 heteroatoms. The number of nitrogens with zero attached hydrogens (tertiary/aromatic N) is 3. The molecule has 3 heterocycles. The number of fused-ring (bicyclic) bond motifs is 1. The first-order valence-electron chi connectivity index (χ1n) is 9.65. The minimum absolute atomic E-state index is 0.0809. The molecule has 0 radical (unpaired) electrons. The van der Waals surface area contributed by atoms with Crippen molar-refractivity contribution in [2.75, 3.05) is 13.1 Å². The van der Waals surface area contributed by atoms with Gasteiger partial charge in [0, 0.05) is 31.6 Å². The number of imidazole rings is 1. The molecule has 4 nitrogen and oxygen atoms in total. The van der Waals surface area contributed by atoms with E-state index in [1.165, 1.54) is 6.42 Å². The SMILES string of the molecule is C#CCC1CCN(C(=O)c2nc(-c3ccccc3)n3c2CCCCC3)C1. The molecule has 2 aliphatic heterocycles. The summed E-state index contributed by atoms with van der Waals surface area (Å²) in [6.45, 7) is 2.49. The maximum atomic E-state index is 13.2. The van der Waals surface area contributed by atoms with Crippen LogP contribution in [0.15, 0.2) is 30.3 Å². The normalized spacial score (nSPS) is 19.7. The number of likely N-dealkylation sites (tertiary alicyclic amines) is 1. The molecule has 0 aliphatic carbocycles. The zero-order valence-corrected chi connectivity index (χ0v) is 15.2. The molecule has 4 rings (SSSR count). The van der Waals surface area contributed by atoms with E-state index in [1.807, 2.05) is 23.1 Å². The number of hydrogen-bond acceptors (Lipinski definition) is 2. The number of amides is 1. The van der Waals surface area contributed by atoms with E-state index in [1.54, 1.807) is 0 Å². The van der Waals surface area contributed by atoms with Gasteiger partial charge in [-0.25, -0.2) is 4.98 Å². The zero-order valence-electron chi connectivity index (χ0n) is 15.2. The highest BCUT2D eigenvalue weighted by atomic mass is 16.2. The highest BCUT2D eigenvalue weighted by Crippen LogP contribution is 2.29. The third-order valence-corrected chi connectivity index (χ3v) is 5.58. The second-order valence-electron chi connectivity index (χ2n) is 7.37. The molecule has 0 bridgehead atoms. The lowest BCUT2D eigenvalue weighted by molar-refractivity contribution is 0.0781. The van der Waals surface area contributed by atoms with Crippen molar-refractivity contribution in [1.82, 2.24) is 14.5 Å². The van der Waals surface area contributed by atoms with Crippen LogP contribution in [0.2, 0.25) is 0 Å². The lowest BCUT2D eigenvalue weighted by atomic mass is 10.1. The van der Waals surface area contributed by atoms with Crippen molar-refractivity contribution in [1.29, 1.82) is 0 Å². The summed E-state index contributed by atoms with van der Waals surface area (Å²) in [6.07, 6.45) is 11.6. The third-order valence-electron chi connectivity index (χ3n) is 5.58. The summed E-state index contributed by atoms with van der Waals surface area (Å²) in [5, 5.41) is 0. The Balaban J connectivity index is 1.69. The zero-order chi connectivity index (χ0) is 17.9. The molecule has 134 valence electrons. The van der Waals surface area contributed by atoms with Crippen LogP contribution < -0.4 is 0 Å². The summed E-state index contributed by atoms with van der Waals surface area (Å²) >= 11 is 0. The Morgan fingerprint density at radius 3 is 2.85 bits per heavy atom. The van der Waals surface area contributed by atoms with E-state index in [2.05, 4.69) is 22.6 Å². The van der Waals surface area contributed by atoms with Gasteiger partial charge in [0.1, 0.15) is 11.5 Å². The summed E-state index contributed by atoms with van der Waals surface area (Å²) in [7, 11) is 0. The van der Waals surface area contributed by atoms with Crippen LogP contribution in [-0.2, 0) is 13.0 Å². The van der Waals surface area contributed by atoms with Gasteiger partial charge in [0.2, 0.25) is 0 Å². The Labute approximate surface area is 155 Å². The van der Waals surface area contributed by atoms with Crippen molar-refractivity contribution >= 4 is 5.91 Å². The van der Waals surface area contributed by atoms with Gasteiger partial charge in [-0.05, 0) is 31.6 Å². The highest BCUT2D eigenvalue weighted by Gasteiger charge is 2.31. The molecule has 0 saturated carbocycles. The molecular weight excluding hydrogens is 322 g/mol. The first-order chi connectivity index (χ1) is 12.8. The fraction of sp³-hybridized carbons (Fsp3) is 0.455. The molecule has 1 amide bonds. The third kappa shape index (κ3) is 3.14. The summed E-state index contributed by atoms with van der Waals surface area (Å²) in [4.78, 5) is 20.0. The Morgan fingerprint density at radius 1 is 1.19 bits per heavy atom. The summed E-state index contributed by atoms with van der Waals surface area (Å²) in [5.74, 6) is 4.18. The number of carbonyl (C=O) groups excluding carboxylic acids is 1. The van der Waals surface area contributed by atoms with Crippen molar-refractivity contribution in [3.8, 4) is 23.7 Å². The first-order valence-corrected chi connectivity index (χ1v) is 9.65. The summed E-state index contributed by atoms with van der Waals surface area (Å²) in [6, 6.07) is 10.2. The topological polar surface area (TPSA) is 38.1 Å². The van der Waals surface area contributed by atoms with E-state index < -0.39 is 0 Å². The largest absolute Gasteiger partial charge is 0.337 e. The van der Waals surface area contributed by atoms with E-state index >= 15 is 0 Å². The second kappa shape index (κ2) is 7.37. The molecule has 1 saturated heterocycles. The Hall–Kier alpha value is -2.54. The van der Waals surface area contributed by atoms with E-state index in [0.717, 1.165) is 68.8 Å². The smallest absolute Gasteiger partial charge is 0.274 e. The van der Waals surface area contributed by atoms with E-state index in [-0.39, 0.29) is 5.91 Å². The maximum Gasteiger partial charge on any atom is 0.274 e. The number of rotatable bonds is 3. The van der Waals surface area contributed by atoms with E-state index in [9.17, 15) is 4.79 Å². The van der Waals surface area contributed by atoms with Gasteiger partial charge in [0.05, 0.1) is 5.69 Å². The van der Waals surface area contributed by atoms with Crippen LogP contribution in [0.1, 0.15) is 48.3 Å². The molecule has 1 unspecified atom stereocenters. The van der Waals surface area contributed by atoms with Crippen molar-refractivity contribution < 1.29 is 4.79 Å². The van der Waals surface area contributed by atoms with Crippen molar-refractivity contribution in [2.45, 2.75) is 45.1 Å². The van der Waals surface area contributed by atoms with Crippen LogP contribution in [0, 0.1) is 18.3 Å². The summed E-state index contributed by atoms with van der Waals surface area (Å²) < 4.78 is 2.28. The molecule has 1 fully saturated rings. The van der Waals surface area contributed by atoms with Crippen molar-refractivity contribution in [2.24, 2.45) is 5.92 Å². The van der Waals surface area contributed by atoms with Gasteiger partial charge in [0.25, 0.3) is 5.91 Å². The lowest BCUT2D eigenvalue weighted by Crippen LogP contribution is -2.30. The lowest BCUT2D eigenvalue weighted by Gasteiger charge is -2.16. The average Bonchev–Trinajstić information content (AvgIpc) is 3.20. The molecule has 26 heavy (non-hydrogen) atoms. The minimum atomic E-state index is 0.0809. The van der Waals surface area contributed by atoms with Crippen molar-refractivity contribution in [3.05, 3.63) is 41.7 Å². The van der Waals surface area contributed by atoms with Crippen LogP contribution >= 0.6 is 0 Å². The molecule has 0 spiro atoms. The Bertz CT molecular complexity index is 831. The minimum Gasteiger partial charge on any atom is -0.337 e. The number of terminal acetylenes is 1. The van der Waals surface area contributed by atoms with Gasteiger partial charge in [-0.3, -0.25) is 4.79 Å². The Kier molecular flexibility index (Phi) is 4.79. The van der Waals surface area contributed by atoms with Crippen LogP contribution in [0.3, 0.4) is 0 Å². The first kappa shape index (κ1) is 16.9. The monoisotopic (exact) mass is 347 g/mol. The standard InChI is InChI=1S/C22H25N3O/c1-2-9-17-13-15-24(16-17)22(26)20-19-12-7-4-8-14-25(19)21(23-20)18-10-5-3-6-11-18/h1,3,5-6,10-11,17H,4,7-9,12-16H2. The predicted octanol–water partition coefficient (Wildman–Crippen LogP) is 3.76. The quantitative estimate of drug-likeness (QED) is 0.793. The van der Waals surface area contributed by atoms with E-state index in [0.29, 0.717) is 11.6 Å². The van der Waals surface area contributed by atoms with Crippen LogP contribution in [0.4, 0.5) is 0 Å². The number of aromatic nitrogens is 2. The average molecular weight is 347 g/mol. The van der Waals surface area contributed by atoms with Crippen molar-refractivity contribution in [3.63, 3.8) is 0 Å². The molecular formula is C22H25N3O. The molecule has 1 atom stereocenters. The van der Waals surface area contributed by atoms with Crippen LogP contribution in [0.25, 0.3) is 11.4 Å². The van der Waals surface area contributed by atoms with Gasteiger partial charge in [-0.1, -0.05) is 36.8 Å². The van der Waals surface area contributed by atoms with Gasteiger partial charge in [-0.15, -0.1) is 12.3 Å². The molecule has 0 N–H and O–H groups in total. The van der Waals surface area contributed by atoms with Gasteiger partial charge in [0.15, 0.2) is 0 Å². The number of benzene rings is 1. The number of hydrogen-bond donors (Lipinski definition) is 0. The fourth-order valence-electron chi connectivity index (χ4n) is 4.20. The van der Waals surface area contributed by atoms with Crippen LogP contribution in [0.5, 0.6) is 0 Å². The van der Waals surface area contributed by atoms with Gasteiger partial charge >= 0.3 is 0 Å². The highest BCUT2D eigenvalue weighted by molar-refractivity contribution is 5.94. The van der Waals surface area contributed by atoms with Crippen LogP contribution in [-0.4, -0.2) is 33.4 Å². The number of carbonyl (C=O) groups is 1. The fourth-order valence-corrected chi connectivity index (χ4v) is 4.20. The molecule has 1 aromatic heterocycles. The molecule has 1 aromatic carbocycles. The Morgan fingerprint density at radius 2 is 2.04 bits per heavy atom.